The van der Waals surface area contributed by atoms with Crippen LogP contribution in [0.3, 0.4) is 0 Å². The van der Waals surface area contributed by atoms with Crippen LogP contribution in [0.15, 0.2) is 12.4 Å². The first-order valence-electron chi connectivity index (χ1n) is 9.60. The van der Waals surface area contributed by atoms with Crippen LogP contribution in [-0.4, -0.2) is 52.1 Å². The molecule has 0 aromatic carbocycles. The molecule has 2 saturated heterocycles. The molecule has 0 radical (unpaired) electrons. The molecule has 1 aromatic heterocycles. The zero-order valence-corrected chi connectivity index (χ0v) is 15.2. The van der Waals surface area contributed by atoms with Gasteiger partial charge in [-0.15, -0.1) is 0 Å². The summed E-state index contributed by atoms with van der Waals surface area (Å²) >= 11 is 0. The Labute approximate surface area is 141 Å². The molecule has 0 amide bonds. The Balaban J connectivity index is 1.45. The summed E-state index contributed by atoms with van der Waals surface area (Å²) in [6, 6.07) is 0. The Kier molecular flexibility index (Phi) is 5.76. The predicted molar refractivity (Wildman–Crippen MR) is 95.3 cm³/mol. The standard InChI is InChI=1S/C19H34N4/c1-4-23-12-8-20-19(23)15-22-11-7-18(14-22)17-5-9-21(10-6-17)13-16(2)3/h8,12,16-18H,4-7,9-11,13-15H2,1-3H3/t18-/m1/s1. The normalized spacial score (nSPS) is 24.8. The van der Waals surface area contributed by atoms with E-state index in [-0.39, 0.29) is 0 Å². The third-order valence-electron chi connectivity index (χ3n) is 5.74. The van der Waals surface area contributed by atoms with Gasteiger partial charge < -0.3 is 9.47 Å². The third kappa shape index (κ3) is 4.36. The molecule has 4 heteroatoms. The van der Waals surface area contributed by atoms with Gasteiger partial charge >= 0.3 is 0 Å². The van der Waals surface area contributed by atoms with Crippen LogP contribution in [0.2, 0.25) is 0 Å². The molecule has 1 aromatic rings. The molecule has 130 valence electrons. The lowest BCUT2D eigenvalue weighted by molar-refractivity contribution is 0.135. The molecule has 0 bridgehead atoms. The molecule has 3 heterocycles. The van der Waals surface area contributed by atoms with Crippen molar-refractivity contribution < 1.29 is 0 Å². The Morgan fingerprint density at radius 2 is 1.78 bits per heavy atom. The van der Waals surface area contributed by atoms with Crippen LogP contribution in [0.25, 0.3) is 0 Å². The molecule has 1 atom stereocenters. The summed E-state index contributed by atoms with van der Waals surface area (Å²) in [6.45, 7) is 15.4. The number of nitrogens with zero attached hydrogens (tertiary/aromatic N) is 4. The summed E-state index contributed by atoms with van der Waals surface area (Å²) < 4.78 is 2.28. The van der Waals surface area contributed by atoms with Crippen molar-refractivity contribution in [2.75, 3.05) is 32.7 Å². The van der Waals surface area contributed by atoms with E-state index >= 15 is 0 Å². The smallest absolute Gasteiger partial charge is 0.122 e. The maximum atomic E-state index is 4.54. The topological polar surface area (TPSA) is 24.3 Å². The molecule has 3 rings (SSSR count). The number of rotatable bonds is 6. The zero-order chi connectivity index (χ0) is 16.2. The summed E-state index contributed by atoms with van der Waals surface area (Å²) in [5, 5.41) is 0. The second kappa shape index (κ2) is 7.80. The van der Waals surface area contributed by atoms with E-state index < -0.39 is 0 Å². The Bertz CT molecular complexity index is 473. The second-order valence-electron chi connectivity index (χ2n) is 7.95. The summed E-state index contributed by atoms with van der Waals surface area (Å²) in [5.41, 5.74) is 0. The molecule has 0 saturated carbocycles. The fourth-order valence-corrected chi connectivity index (χ4v) is 4.49. The quantitative estimate of drug-likeness (QED) is 0.805. The molecule has 0 aliphatic carbocycles. The number of likely N-dealkylation sites (tertiary alicyclic amines) is 2. The Morgan fingerprint density at radius 1 is 1.09 bits per heavy atom. The number of piperidine rings is 1. The predicted octanol–water partition coefficient (Wildman–Crippen LogP) is 3.09. The second-order valence-corrected chi connectivity index (χ2v) is 7.95. The van der Waals surface area contributed by atoms with Gasteiger partial charge in [0.15, 0.2) is 0 Å². The first-order chi connectivity index (χ1) is 11.2. The van der Waals surface area contributed by atoms with Crippen LogP contribution in [0, 0.1) is 17.8 Å². The van der Waals surface area contributed by atoms with Crippen molar-refractivity contribution in [2.24, 2.45) is 17.8 Å². The van der Waals surface area contributed by atoms with Crippen LogP contribution in [0.5, 0.6) is 0 Å². The van der Waals surface area contributed by atoms with Gasteiger partial charge in [-0.25, -0.2) is 4.98 Å². The van der Waals surface area contributed by atoms with E-state index in [4.69, 9.17) is 0 Å². The van der Waals surface area contributed by atoms with E-state index in [2.05, 4.69) is 46.3 Å². The van der Waals surface area contributed by atoms with Crippen molar-refractivity contribution in [1.29, 1.82) is 0 Å². The summed E-state index contributed by atoms with van der Waals surface area (Å²) in [7, 11) is 0. The molecule has 23 heavy (non-hydrogen) atoms. The minimum absolute atomic E-state index is 0.802. The van der Waals surface area contributed by atoms with Gasteiger partial charge in [-0.3, -0.25) is 4.90 Å². The number of hydrogen-bond donors (Lipinski definition) is 0. The van der Waals surface area contributed by atoms with Crippen molar-refractivity contribution in [3.63, 3.8) is 0 Å². The van der Waals surface area contributed by atoms with E-state index in [0.717, 1.165) is 30.8 Å². The lowest BCUT2D eigenvalue weighted by Crippen LogP contribution is -2.38. The first kappa shape index (κ1) is 17.0. The van der Waals surface area contributed by atoms with Gasteiger partial charge in [0.2, 0.25) is 0 Å². The molecule has 2 aliphatic rings. The zero-order valence-electron chi connectivity index (χ0n) is 15.2. The van der Waals surface area contributed by atoms with E-state index in [9.17, 15) is 0 Å². The van der Waals surface area contributed by atoms with Crippen LogP contribution < -0.4 is 0 Å². The van der Waals surface area contributed by atoms with Crippen molar-refractivity contribution >= 4 is 0 Å². The molecule has 0 spiro atoms. The molecule has 2 fully saturated rings. The molecular formula is C19H34N4. The van der Waals surface area contributed by atoms with Crippen LogP contribution in [0.1, 0.15) is 45.9 Å². The minimum Gasteiger partial charge on any atom is -0.334 e. The van der Waals surface area contributed by atoms with Gasteiger partial charge in [0.25, 0.3) is 0 Å². The van der Waals surface area contributed by atoms with Gasteiger partial charge in [-0.05, 0) is 63.6 Å². The molecule has 4 nitrogen and oxygen atoms in total. The summed E-state index contributed by atoms with van der Waals surface area (Å²) in [5.74, 6) is 3.91. The van der Waals surface area contributed by atoms with E-state index in [1.54, 1.807) is 0 Å². The van der Waals surface area contributed by atoms with Crippen molar-refractivity contribution in [3.05, 3.63) is 18.2 Å². The van der Waals surface area contributed by atoms with Crippen molar-refractivity contribution in [1.82, 2.24) is 19.4 Å². The minimum atomic E-state index is 0.802. The maximum absolute atomic E-state index is 4.54. The number of hydrogen-bond acceptors (Lipinski definition) is 3. The summed E-state index contributed by atoms with van der Waals surface area (Å²) in [6.07, 6.45) is 8.26. The lowest BCUT2D eigenvalue weighted by atomic mass is 9.83. The average molecular weight is 319 g/mol. The number of imidazole rings is 1. The highest BCUT2D eigenvalue weighted by molar-refractivity contribution is 4.94. The molecule has 0 unspecified atom stereocenters. The van der Waals surface area contributed by atoms with E-state index in [1.807, 2.05) is 6.20 Å². The van der Waals surface area contributed by atoms with Gasteiger partial charge in [0.1, 0.15) is 5.82 Å². The Morgan fingerprint density at radius 3 is 2.48 bits per heavy atom. The molecule has 2 aliphatic heterocycles. The van der Waals surface area contributed by atoms with Crippen LogP contribution >= 0.6 is 0 Å². The highest BCUT2D eigenvalue weighted by Gasteiger charge is 2.32. The highest BCUT2D eigenvalue weighted by Crippen LogP contribution is 2.32. The van der Waals surface area contributed by atoms with E-state index in [0.29, 0.717) is 0 Å². The van der Waals surface area contributed by atoms with Crippen molar-refractivity contribution in [3.8, 4) is 0 Å². The largest absolute Gasteiger partial charge is 0.334 e. The lowest BCUT2D eigenvalue weighted by Gasteiger charge is -2.35. The van der Waals surface area contributed by atoms with Crippen molar-refractivity contribution in [2.45, 2.75) is 53.1 Å². The first-order valence-corrected chi connectivity index (χ1v) is 9.60. The Hall–Kier alpha value is -0.870. The van der Waals surface area contributed by atoms with Crippen LogP contribution in [-0.2, 0) is 13.1 Å². The van der Waals surface area contributed by atoms with Crippen LogP contribution in [0.4, 0.5) is 0 Å². The highest BCUT2D eigenvalue weighted by atomic mass is 15.2. The van der Waals surface area contributed by atoms with Gasteiger partial charge in [0, 0.05) is 32.0 Å². The van der Waals surface area contributed by atoms with Gasteiger partial charge in [0.05, 0.1) is 6.54 Å². The monoisotopic (exact) mass is 318 g/mol. The van der Waals surface area contributed by atoms with Gasteiger partial charge in [-0.2, -0.15) is 0 Å². The SMILES string of the molecule is CCn1ccnc1CN1CC[C@@H](C2CCN(CC(C)C)CC2)C1. The number of aromatic nitrogens is 2. The summed E-state index contributed by atoms with van der Waals surface area (Å²) in [4.78, 5) is 9.84. The van der Waals surface area contributed by atoms with Gasteiger partial charge in [-0.1, -0.05) is 13.8 Å². The molecular weight excluding hydrogens is 284 g/mol. The van der Waals surface area contributed by atoms with E-state index in [1.165, 1.54) is 57.8 Å². The molecule has 0 N–H and O–H groups in total. The average Bonchev–Trinajstić information content (AvgIpc) is 3.17. The fraction of sp³-hybridized carbons (Fsp3) is 0.842. The fourth-order valence-electron chi connectivity index (χ4n) is 4.49. The number of aryl methyl sites for hydroxylation is 1. The third-order valence-corrected chi connectivity index (χ3v) is 5.74. The maximum Gasteiger partial charge on any atom is 0.122 e.